The smallest absolute Gasteiger partial charge is 0.312 e. The summed E-state index contributed by atoms with van der Waals surface area (Å²) < 4.78 is 0. The molecule has 1 aromatic rings. The lowest BCUT2D eigenvalue weighted by Gasteiger charge is -2.08. The summed E-state index contributed by atoms with van der Waals surface area (Å²) in [4.78, 5) is 36.5. The number of anilines is 1. The van der Waals surface area contributed by atoms with Crippen LogP contribution < -0.4 is 21.7 Å². The summed E-state index contributed by atoms with van der Waals surface area (Å²) in [5, 5.41) is 18.5. The first-order chi connectivity index (χ1) is 9.95. The number of primary amides is 1. The number of pyridine rings is 1. The Bertz CT molecular complexity index is 548. The van der Waals surface area contributed by atoms with Crippen molar-refractivity contribution in [1.29, 1.82) is 0 Å². The van der Waals surface area contributed by atoms with Gasteiger partial charge in [-0.15, -0.1) is 0 Å². The molecule has 5 N–H and O–H groups in total. The lowest BCUT2D eigenvalue weighted by atomic mass is 10.2. The molecule has 0 aliphatic carbocycles. The van der Waals surface area contributed by atoms with Crippen molar-refractivity contribution >= 4 is 23.4 Å². The average Bonchev–Trinajstić information content (AvgIpc) is 2.43. The number of carbonyl (C=O) groups excluding carboxylic acids is 2. The second kappa shape index (κ2) is 7.62. The standard InChI is InChI=1S/C11H16N6O4/c1-2-13-9-5-7(8(6-16-9)17(20)21)10(18)14-3-4-15-11(12)19/h5-6H,2-4H2,1H3,(H,13,16)(H,14,18)(H3,12,15,19). The van der Waals surface area contributed by atoms with Gasteiger partial charge in [-0.05, 0) is 6.92 Å². The third kappa shape index (κ3) is 4.93. The maximum absolute atomic E-state index is 12.0. The Hall–Kier alpha value is -2.91. The first-order valence-corrected chi connectivity index (χ1v) is 6.15. The van der Waals surface area contributed by atoms with Crippen LogP contribution in [0, 0.1) is 10.1 Å². The number of nitrogens with two attached hydrogens (primary N) is 1. The van der Waals surface area contributed by atoms with Gasteiger partial charge >= 0.3 is 6.03 Å². The van der Waals surface area contributed by atoms with Gasteiger partial charge in [0.1, 0.15) is 17.6 Å². The minimum atomic E-state index is -0.714. The van der Waals surface area contributed by atoms with Gasteiger partial charge in [0.2, 0.25) is 0 Å². The fourth-order valence-corrected chi connectivity index (χ4v) is 1.51. The number of carbonyl (C=O) groups is 2. The highest BCUT2D eigenvalue weighted by molar-refractivity contribution is 5.98. The quantitative estimate of drug-likeness (QED) is 0.311. The van der Waals surface area contributed by atoms with E-state index in [4.69, 9.17) is 5.73 Å². The van der Waals surface area contributed by atoms with Crippen LogP contribution >= 0.6 is 0 Å². The summed E-state index contributed by atoms with van der Waals surface area (Å²) in [6, 6.07) is 0.590. The third-order valence-corrected chi connectivity index (χ3v) is 2.39. The molecule has 0 saturated carbocycles. The topological polar surface area (TPSA) is 152 Å². The third-order valence-electron chi connectivity index (χ3n) is 2.39. The van der Waals surface area contributed by atoms with Crippen LogP contribution in [-0.4, -0.2) is 41.5 Å². The van der Waals surface area contributed by atoms with Crippen LogP contribution in [0.4, 0.5) is 16.3 Å². The molecule has 3 amide bonds. The van der Waals surface area contributed by atoms with Crippen molar-refractivity contribution in [2.24, 2.45) is 5.73 Å². The van der Waals surface area contributed by atoms with Crippen LogP contribution in [0.15, 0.2) is 12.3 Å². The van der Waals surface area contributed by atoms with Crippen LogP contribution in [0.3, 0.4) is 0 Å². The Morgan fingerprint density at radius 1 is 1.38 bits per heavy atom. The SMILES string of the molecule is CCNc1cc(C(=O)NCCNC(N)=O)c([N+](=O)[O-])cn1. The van der Waals surface area contributed by atoms with Gasteiger partial charge in [0.25, 0.3) is 11.6 Å². The molecule has 0 saturated heterocycles. The molecule has 0 aliphatic heterocycles. The molecule has 10 heteroatoms. The highest BCUT2D eigenvalue weighted by atomic mass is 16.6. The molecule has 0 fully saturated rings. The van der Waals surface area contributed by atoms with E-state index in [1.54, 1.807) is 0 Å². The van der Waals surface area contributed by atoms with Crippen molar-refractivity contribution < 1.29 is 14.5 Å². The zero-order valence-electron chi connectivity index (χ0n) is 11.4. The fourth-order valence-electron chi connectivity index (χ4n) is 1.51. The number of nitrogens with zero attached hydrogens (tertiary/aromatic N) is 2. The fraction of sp³-hybridized carbons (Fsp3) is 0.364. The Balaban J connectivity index is 2.82. The van der Waals surface area contributed by atoms with Crippen LogP contribution in [0.2, 0.25) is 0 Å². The van der Waals surface area contributed by atoms with Gasteiger partial charge in [-0.25, -0.2) is 9.78 Å². The molecule has 21 heavy (non-hydrogen) atoms. The lowest BCUT2D eigenvalue weighted by molar-refractivity contribution is -0.385. The van der Waals surface area contributed by atoms with Crippen molar-refractivity contribution in [1.82, 2.24) is 15.6 Å². The highest BCUT2D eigenvalue weighted by Gasteiger charge is 2.21. The molecule has 0 aliphatic rings. The predicted octanol–water partition coefficient (Wildman–Crippen LogP) is -0.180. The summed E-state index contributed by atoms with van der Waals surface area (Å²) in [5.41, 5.74) is 4.37. The molecule has 1 aromatic heterocycles. The van der Waals surface area contributed by atoms with E-state index in [-0.39, 0.29) is 18.7 Å². The Kier molecular flexibility index (Phi) is 5.86. The van der Waals surface area contributed by atoms with Crippen molar-refractivity contribution in [2.45, 2.75) is 6.92 Å². The zero-order chi connectivity index (χ0) is 15.8. The Labute approximate surface area is 120 Å². The molecule has 1 heterocycles. The van der Waals surface area contributed by atoms with E-state index >= 15 is 0 Å². The van der Waals surface area contributed by atoms with Gasteiger partial charge in [-0.2, -0.15) is 0 Å². The second-order valence-corrected chi connectivity index (χ2v) is 3.92. The van der Waals surface area contributed by atoms with Crippen molar-refractivity contribution in [3.05, 3.63) is 27.9 Å². The van der Waals surface area contributed by atoms with E-state index < -0.39 is 22.5 Å². The minimum Gasteiger partial charge on any atom is -0.370 e. The molecular weight excluding hydrogens is 280 g/mol. The van der Waals surface area contributed by atoms with E-state index in [9.17, 15) is 19.7 Å². The van der Waals surface area contributed by atoms with Gasteiger partial charge in [0, 0.05) is 25.7 Å². The number of urea groups is 1. The van der Waals surface area contributed by atoms with E-state index in [1.807, 2.05) is 6.92 Å². The van der Waals surface area contributed by atoms with Crippen LogP contribution in [0.25, 0.3) is 0 Å². The van der Waals surface area contributed by atoms with Gasteiger partial charge in [-0.3, -0.25) is 14.9 Å². The summed E-state index contributed by atoms with van der Waals surface area (Å²) >= 11 is 0. The number of aromatic nitrogens is 1. The number of nitro groups is 1. The molecule has 0 atom stereocenters. The first kappa shape index (κ1) is 16.1. The van der Waals surface area contributed by atoms with Gasteiger partial charge in [-0.1, -0.05) is 0 Å². The van der Waals surface area contributed by atoms with Crippen LogP contribution in [-0.2, 0) is 0 Å². The summed E-state index contributed by atoms with van der Waals surface area (Å²) in [6.45, 7) is 2.62. The monoisotopic (exact) mass is 296 g/mol. The van der Waals surface area contributed by atoms with E-state index in [1.165, 1.54) is 6.07 Å². The summed E-state index contributed by atoms with van der Waals surface area (Å²) in [5.74, 6) is -0.266. The Morgan fingerprint density at radius 3 is 2.62 bits per heavy atom. The van der Waals surface area contributed by atoms with Crippen LogP contribution in [0.1, 0.15) is 17.3 Å². The molecule has 1 rings (SSSR count). The summed E-state index contributed by atoms with van der Waals surface area (Å²) in [7, 11) is 0. The molecule has 0 spiro atoms. The zero-order valence-corrected chi connectivity index (χ0v) is 11.4. The maximum Gasteiger partial charge on any atom is 0.312 e. The molecular formula is C11H16N6O4. The molecule has 10 nitrogen and oxygen atoms in total. The number of hydrogen-bond acceptors (Lipinski definition) is 6. The van der Waals surface area contributed by atoms with Crippen LogP contribution in [0.5, 0.6) is 0 Å². The number of hydrogen-bond donors (Lipinski definition) is 4. The van der Waals surface area contributed by atoms with Crippen molar-refractivity contribution in [3.8, 4) is 0 Å². The highest BCUT2D eigenvalue weighted by Crippen LogP contribution is 2.20. The van der Waals surface area contributed by atoms with Crippen molar-refractivity contribution in [2.75, 3.05) is 25.0 Å². The number of nitrogens with one attached hydrogen (secondary N) is 3. The molecule has 0 aromatic carbocycles. The average molecular weight is 296 g/mol. The molecule has 0 bridgehead atoms. The van der Waals surface area contributed by atoms with E-state index in [0.29, 0.717) is 12.4 Å². The maximum atomic E-state index is 12.0. The summed E-state index contributed by atoms with van der Waals surface area (Å²) in [6.07, 6.45) is 1.02. The number of rotatable bonds is 7. The predicted molar refractivity (Wildman–Crippen MR) is 75.0 cm³/mol. The van der Waals surface area contributed by atoms with E-state index in [2.05, 4.69) is 20.9 Å². The number of amides is 3. The molecule has 114 valence electrons. The lowest BCUT2D eigenvalue weighted by Crippen LogP contribution is -2.37. The molecule has 0 unspecified atom stereocenters. The first-order valence-electron chi connectivity index (χ1n) is 6.15. The largest absolute Gasteiger partial charge is 0.370 e. The molecule has 0 radical (unpaired) electrons. The minimum absolute atomic E-state index is 0.0950. The van der Waals surface area contributed by atoms with Crippen molar-refractivity contribution in [3.63, 3.8) is 0 Å². The van der Waals surface area contributed by atoms with E-state index in [0.717, 1.165) is 6.20 Å². The Morgan fingerprint density at radius 2 is 2.05 bits per heavy atom. The van der Waals surface area contributed by atoms with Gasteiger partial charge < -0.3 is 21.7 Å². The van der Waals surface area contributed by atoms with Gasteiger partial charge in [0.05, 0.1) is 4.92 Å². The normalized spacial score (nSPS) is 9.76. The van der Waals surface area contributed by atoms with Gasteiger partial charge in [0.15, 0.2) is 0 Å². The second-order valence-electron chi connectivity index (χ2n) is 3.92.